The highest BCUT2D eigenvalue weighted by Gasteiger charge is 2.58. The maximum absolute atomic E-state index is 4.04. The molecule has 5 rings (SSSR count). The zero-order valence-electron chi connectivity index (χ0n) is 14.7. The summed E-state index contributed by atoms with van der Waals surface area (Å²) in [5.41, 5.74) is 0.530. The van der Waals surface area contributed by atoms with Crippen LogP contribution in [0.15, 0.2) is 0 Å². The van der Waals surface area contributed by atoms with Gasteiger partial charge in [-0.05, 0) is 82.8 Å². The quantitative estimate of drug-likeness (QED) is 0.779. The maximum Gasteiger partial charge on any atom is 0.0179 e. The van der Waals surface area contributed by atoms with Gasteiger partial charge >= 0.3 is 0 Å². The molecule has 4 saturated heterocycles. The predicted molar refractivity (Wildman–Crippen MR) is 94.5 cm³/mol. The minimum atomic E-state index is 0.530. The Hall–Kier alpha value is -0.120. The highest BCUT2D eigenvalue weighted by atomic mass is 15.2. The second-order valence-electron chi connectivity index (χ2n) is 9.30. The van der Waals surface area contributed by atoms with Gasteiger partial charge < -0.3 is 10.6 Å². The van der Waals surface area contributed by atoms with Gasteiger partial charge in [-0.1, -0.05) is 12.8 Å². The Morgan fingerprint density at radius 2 is 1.74 bits per heavy atom. The van der Waals surface area contributed by atoms with Crippen molar-refractivity contribution in [3.63, 3.8) is 0 Å². The minimum absolute atomic E-state index is 0.530. The van der Waals surface area contributed by atoms with Crippen LogP contribution in [0.5, 0.6) is 0 Å². The van der Waals surface area contributed by atoms with Crippen molar-refractivity contribution >= 4 is 0 Å². The first-order valence-electron chi connectivity index (χ1n) is 10.6. The molecule has 3 heteroatoms. The molecule has 0 amide bonds. The summed E-state index contributed by atoms with van der Waals surface area (Å²) >= 11 is 0. The van der Waals surface area contributed by atoms with Gasteiger partial charge in [-0.15, -0.1) is 0 Å². The number of hydrogen-bond acceptors (Lipinski definition) is 3. The molecule has 23 heavy (non-hydrogen) atoms. The first kappa shape index (κ1) is 15.2. The lowest BCUT2D eigenvalue weighted by molar-refractivity contribution is -0.117. The Labute approximate surface area is 142 Å². The zero-order valence-corrected chi connectivity index (χ0v) is 14.7. The summed E-state index contributed by atoms with van der Waals surface area (Å²) in [6.45, 7) is 5.30. The highest BCUT2D eigenvalue weighted by molar-refractivity contribution is 5.14. The lowest BCUT2D eigenvalue weighted by Crippen LogP contribution is -2.72. The molecule has 5 aliphatic rings. The van der Waals surface area contributed by atoms with Crippen LogP contribution in [0.25, 0.3) is 0 Å². The fourth-order valence-corrected chi connectivity index (χ4v) is 7.36. The Balaban J connectivity index is 1.50. The average molecular weight is 318 g/mol. The zero-order chi connectivity index (χ0) is 15.3. The lowest BCUT2D eigenvalue weighted by atomic mass is 9.52. The molecule has 1 aliphatic carbocycles. The first-order valence-corrected chi connectivity index (χ1v) is 10.6. The summed E-state index contributed by atoms with van der Waals surface area (Å²) in [4.78, 5) is 2.94. The molecule has 3 nitrogen and oxygen atoms in total. The van der Waals surface area contributed by atoms with E-state index in [0.717, 1.165) is 30.0 Å². The van der Waals surface area contributed by atoms with Crippen LogP contribution < -0.4 is 10.6 Å². The number of nitrogens with zero attached hydrogens (tertiary/aromatic N) is 1. The second-order valence-corrected chi connectivity index (χ2v) is 9.30. The smallest absolute Gasteiger partial charge is 0.0179 e. The van der Waals surface area contributed by atoms with E-state index >= 15 is 0 Å². The van der Waals surface area contributed by atoms with E-state index in [1.807, 2.05) is 0 Å². The van der Waals surface area contributed by atoms with Crippen molar-refractivity contribution in [1.82, 2.24) is 15.5 Å². The summed E-state index contributed by atoms with van der Waals surface area (Å²) < 4.78 is 0. The summed E-state index contributed by atoms with van der Waals surface area (Å²) in [5.74, 6) is 1.96. The molecule has 4 aliphatic heterocycles. The molecule has 0 spiro atoms. The standard InChI is InChI=1S/C20H35N3/c1-3-9-21-18(8-1)20-13-16(12-15-6-5-10-22-19(15)20)17-7-2-4-11-23(17)14-20/h15-19,21-22H,1-14H2/t15-,16-,17+,18+,19-,20+/m1/s1. The van der Waals surface area contributed by atoms with Crippen LogP contribution in [0, 0.1) is 17.3 Å². The third kappa shape index (κ3) is 2.41. The van der Waals surface area contributed by atoms with Gasteiger partial charge in [0.15, 0.2) is 0 Å². The lowest BCUT2D eigenvalue weighted by Gasteiger charge is -2.64. The molecule has 2 N–H and O–H groups in total. The third-order valence-corrected chi connectivity index (χ3v) is 8.16. The van der Waals surface area contributed by atoms with Gasteiger partial charge in [0.25, 0.3) is 0 Å². The Morgan fingerprint density at radius 3 is 2.65 bits per heavy atom. The molecule has 2 bridgehead atoms. The number of hydrogen-bond donors (Lipinski definition) is 2. The first-order chi connectivity index (χ1) is 11.4. The molecule has 0 aromatic heterocycles. The molecular formula is C20H35N3. The highest BCUT2D eigenvalue weighted by Crippen LogP contribution is 2.55. The van der Waals surface area contributed by atoms with Gasteiger partial charge in [-0.2, -0.15) is 0 Å². The summed E-state index contributed by atoms with van der Waals surface area (Å²) in [5, 5.41) is 8.04. The van der Waals surface area contributed by atoms with Crippen LogP contribution in [0.4, 0.5) is 0 Å². The average Bonchev–Trinajstić information content (AvgIpc) is 2.63. The SMILES string of the molecule is C1CC[C@@H]([C@@]23C[C@@H](C[C@H]4CCCN[C@H]42)[C@@H]2CCCCN2C3)NC1. The summed E-state index contributed by atoms with van der Waals surface area (Å²) in [7, 11) is 0. The van der Waals surface area contributed by atoms with Crippen molar-refractivity contribution in [3.8, 4) is 0 Å². The van der Waals surface area contributed by atoms with Crippen LogP contribution in [0.3, 0.4) is 0 Å². The fraction of sp³-hybridized carbons (Fsp3) is 1.00. The Kier molecular flexibility index (Phi) is 3.95. The third-order valence-electron chi connectivity index (χ3n) is 8.16. The van der Waals surface area contributed by atoms with E-state index in [2.05, 4.69) is 15.5 Å². The molecule has 6 atom stereocenters. The van der Waals surface area contributed by atoms with Crippen molar-refractivity contribution in [1.29, 1.82) is 0 Å². The van der Waals surface area contributed by atoms with E-state index in [0.29, 0.717) is 5.41 Å². The topological polar surface area (TPSA) is 27.3 Å². The van der Waals surface area contributed by atoms with Crippen LogP contribution in [-0.4, -0.2) is 49.2 Å². The van der Waals surface area contributed by atoms with Crippen molar-refractivity contribution < 1.29 is 0 Å². The number of piperidine rings is 4. The minimum Gasteiger partial charge on any atom is -0.313 e. The van der Waals surface area contributed by atoms with Gasteiger partial charge in [-0.3, -0.25) is 4.90 Å². The van der Waals surface area contributed by atoms with Gasteiger partial charge in [0, 0.05) is 30.1 Å². The molecule has 0 aromatic carbocycles. The molecule has 0 unspecified atom stereocenters. The van der Waals surface area contributed by atoms with E-state index < -0.39 is 0 Å². The van der Waals surface area contributed by atoms with Crippen molar-refractivity contribution in [3.05, 3.63) is 0 Å². The van der Waals surface area contributed by atoms with E-state index in [1.165, 1.54) is 90.4 Å². The maximum atomic E-state index is 4.04. The molecular weight excluding hydrogens is 282 g/mol. The van der Waals surface area contributed by atoms with Crippen LogP contribution in [-0.2, 0) is 0 Å². The number of nitrogens with one attached hydrogen (secondary N) is 2. The summed E-state index contributed by atoms with van der Waals surface area (Å²) in [6, 6.07) is 2.51. The normalized spacial score (nSPS) is 50.9. The van der Waals surface area contributed by atoms with Crippen LogP contribution in [0.2, 0.25) is 0 Å². The molecule has 0 radical (unpaired) electrons. The largest absolute Gasteiger partial charge is 0.313 e. The van der Waals surface area contributed by atoms with Gasteiger partial charge in [-0.25, -0.2) is 0 Å². The molecule has 130 valence electrons. The predicted octanol–water partition coefficient (Wildman–Crippen LogP) is 2.76. The fourth-order valence-electron chi connectivity index (χ4n) is 7.36. The van der Waals surface area contributed by atoms with E-state index in [1.54, 1.807) is 0 Å². The van der Waals surface area contributed by atoms with Gasteiger partial charge in [0.1, 0.15) is 0 Å². The summed E-state index contributed by atoms with van der Waals surface area (Å²) in [6.07, 6.45) is 14.6. The number of fused-ring (bicyclic) bond motifs is 6. The van der Waals surface area contributed by atoms with E-state index in [4.69, 9.17) is 0 Å². The van der Waals surface area contributed by atoms with E-state index in [9.17, 15) is 0 Å². The molecule has 1 saturated carbocycles. The van der Waals surface area contributed by atoms with E-state index in [-0.39, 0.29) is 0 Å². The van der Waals surface area contributed by atoms with Crippen LogP contribution >= 0.6 is 0 Å². The van der Waals surface area contributed by atoms with Gasteiger partial charge in [0.05, 0.1) is 0 Å². The Morgan fingerprint density at radius 1 is 0.826 bits per heavy atom. The second kappa shape index (κ2) is 6.00. The van der Waals surface area contributed by atoms with Crippen molar-refractivity contribution in [2.24, 2.45) is 17.3 Å². The van der Waals surface area contributed by atoms with Gasteiger partial charge in [0.2, 0.25) is 0 Å². The van der Waals surface area contributed by atoms with Crippen molar-refractivity contribution in [2.45, 2.75) is 82.3 Å². The molecule has 5 fully saturated rings. The molecule has 4 heterocycles. The monoisotopic (exact) mass is 317 g/mol. The number of rotatable bonds is 1. The van der Waals surface area contributed by atoms with Crippen molar-refractivity contribution in [2.75, 3.05) is 26.2 Å². The molecule has 0 aromatic rings. The Bertz CT molecular complexity index is 431. The van der Waals surface area contributed by atoms with Crippen LogP contribution in [0.1, 0.15) is 64.2 Å².